The van der Waals surface area contributed by atoms with E-state index in [9.17, 15) is 0 Å². The lowest BCUT2D eigenvalue weighted by Gasteiger charge is -2.34. The summed E-state index contributed by atoms with van der Waals surface area (Å²) >= 11 is 0. The molecular formula is C56H45NO. The quantitative estimate of drug-likeness (QED) is 0.168. The van der Waals surface area contributed by atoms with E-state index < -0.39 is 5.41 Å². The van der Waals surface area contributed by atoms with Crippen molar-refractivity contribution < 1.29 is 4.42 Å². The molecular weight excluding hydrogens is 703 g/mol. The highest BCUT2D eigenvalue weighted by atomic mass is 16.3. The molecule has 0 aliphatic heterocycles. The van der Waals surface area contributed by atoms with Gasteiger partial charge < -0.3 is 9.32 Å². The van der Waals surface area contributed by atoms with Crippen molar-refractivity contribution in [3.63, 3.8) is 0 Å². The van der Waals surface area contributed by atoms with E-state index in [4.69, 9.17) is 4.42 Å². The van der Waals surface area contributed by atoms with E-state index in [2.05, 4.69) is 221 Å². The zero-order chi connectivity index (χ0) is 39.2. The maximum absolute atomic E-state index is 6.64. The molecule has 0 atom stereocenters. The molecule has 0 N–H and O–H groups in total. The Morgan fingerprint density at radius 3 is 1.60 bits per heavy atom. The Kier molecular flexibility index (Phi) is 7.56. The van der Waals surface area contributed by atoms with Gasteiger partial charge in [-0.25, -0.2) is 0 Å². The number of benzene rings is 8. The van der Waals surface area contributed by atoms with E-state index >= 15 is 0 Å². The monoisotopic (exact) mass is 747 g/mol. The van der Waals surface area contributed by atoms with Gasteiger partial charge in [-0.15, -0.1) is 0 Å². The molecule has 58 heavy (non-hydrogen) atoms. The van der Waals surface area contributed by atoms with E-state index in [1.807, 2.05) is 0 Å². The van der Waals surface area contributed by atoms with Gasteiger partial charge in [-0.2, -0.15) is 0 Å². The zero-order valence-electron chi connectivity index (χ0n) is 33.5. The highest BCUT2D eigenvalue weighted by Crippen LogP contribution is 2.57. The minimum Gasteiger partial charge on any atom is -0.456 e. The van der Waals surface area contributed by atoms with Crippen LogP contribution in [0.5, 0.6) is 0 Å². The van der Waals surface area contributed by atoms with Crippen LogP contribution in [0.25, 0.3) is 44.2 Å². The SMILES string of the molecule is CC1(C)CC(C)(C)c2cc3c(cc21)oc1ccc(N(c2ccc(-c4ccccc4)cc2)c2ccc4c(c2)-c2ccccc2C4(c2ccccc2)c2ccccc2)cc13. The third kappa shape index (κ3) is 5.11. The van der Waals surface area contributed by atoms with E-state index in [0.29, 0.717) is 0 Å². The highest BCUT2D eigenvalue weighted by molar-refractivity contribution is 6.07. The fourth-order valence-electron chi connectivity index (χ4n) is 10.8. The van der Waals surface area contributed by atoms with Crippen LogP contribution in [0.4, 0.5) is 17.1 Å². The average Bonchev–Trinajstić information content (AvgIpc) is 3.83. The summed E-state index contributed by atoms with van der Waals surface area (Å²) < 4.78 is 6.64. The molecule has 2 aliphatic rings. The number of anilines is 3. The lowest BCUT2D eigenvalue weighted by atomic mass is 9.68. The van der Waals surface area contributed by atoms with Crippen LogP contribution in [-0.2, 0) is 16.2 Å². The van der Waals surface area contributed by atoms with Crippen molar-refractivity contribution in [3.05, 3.63) is 221 Å². The van der Waals surface area contributed by atoms with Crippen LogP contribution in [0.3, 0.4) is 0 Å². The van der Waals surface area contributed by atoms with Gasteiger partial charge in [0.2, 0.25) is 0 Å². The Morgan fingerprint density at radius 1 is 0.397 bits per heavy atom. The largest absolute Gasteiger partial charge is 0.456 e. The van der Waals surface area contributed by atoms with Crippen LogP contribution in [0.15, 0.2) is 192 Å². The zero-order valence-corrected chi connectivity index (χ0v) is 33.5. The maximum Gasteiger partial charge on any atom is 0.135 e. The van der Waals surface area contributed by atoms with Crippen LogP contribution < -0.4 is 4.90 Å². The minimum atomic E-state index is -0.452. The van der Waals surface area contributed by atoms with Crippen molar-refractivity contribution >= 4 is 39.0 Å². The molecule has 9 aromatic rings. The van der Waals surface area contributed by atoms with Crippen LogP contribution >= 0.6 is 0 Å². The Labute approximate surface area is 341 Å². The number of fused-ring (bicyclic) bond motifs is 7. The summed E-state index contributed by atoms with van der Waals surface area (Å²) in [7, 11) is 0. The predicted octanol–water partition coefficient (Wildman–Crippen LogP) is 15.0. The molecule has 1 heterocycles. The van der Waals surface area contributed by atoms with Gasteiger partial charge in [0.15, 0.2) is 0 Å². The number of hydrogen-bond donors (Lipinski definition) is 0. The molecule has 0 amide bonds. The summed E-state index contributed by atoms with van der Waals surface area (Å²) in [6.45, 7) is 9.51. The molecule has 1 aromatic heterocycles. The van der Waals surface area contributed by atoms with Crippen LogP contribution in [0, 0.1) is 0 Å². The van der Waals surface area contributed by atoms with Gasteiger partial charge in [-0.1, -0.05) is 161 Å². The van der Waals surface area contributed by atoms with E-state index in [1.54, 1.807) is 0 Å². The van der Waals surface area contributed by atoms with Gasteiger partial charge in [0.25, 0.3) is 0 Å². The Bertz CT molecular complexity index is 2970. The summed E-state index contributed by atoms with van der Waals surface area (Å²) in [4.78, 5) is 2.42. The Balaban J connectivity index is 1.13. The molecule has 0 saturated carbocycles. The first kappa shape index (κ1) is 34.6. The molecule has 8 aromatic carbocycles. The second-order valence-electron chi connectivity index (χ2n) is 17.6. The molecule has 2 heteroatoms. The fraction of sp³-hybridized carbons (Fsp3) is 0.143. The normalized spacial score (nSPS) is 15.6. The molecule has 0 radical (unpaired) electrons. The molecule has 0 saturated heterocycles. The summed E-state index contributed by atoms with van der Waals surface area (Å²) in [5.74, 6) is 0. The first-order chi connectivity index (χ1) is 28.2. The van der Waals surface area contributed by atoms with Crippen molar-refractivity contribution in [1.82, 2.24) is 0 Å². The van der Waals surface area contributed by atoms with Crippen LogP contribution in [-0.4, -0.2) is 0 Å². The molecule has 11 rings (SSSR count). The smallest absolute Gasteiger partial charge is 0.135 e. The van der Waals surface area contributed by atoms with Gasteiger partial charge in [0, 0.05) is 27.8 Å². The summed E-state index contributed by atoms with van der Waals surface area (Å²) in [6, 6.07) is 69.3. The van der Waals surface area contributed by atoms with Crippen molar-refractivity contribution in [2.24, 2.45) is 0 Å². The van der Waals surface area contributed by atoms with Gasteiger partial charge in [0.05, 0.1) is 5.41 Å². The van der Waals surface area contributed by atoms with Crippen molar-refractivity contribution in [1.29, 1.82) is 0 Å². The van der Waals surface area contributed by atoms with E-state index in [-0.39, 0.29) is 10.8 Å². The molecule has 0 spiro atoms. The molecule has 2 nitrogen and oxygen atoms in total. The van der Waals surface area contributed by atoms with Crippen molar-refractivity contribution in [2.75, 3.05) is 4.90 Å². The third-order valence-corrected chi connectivity index (χ3v) is 13.1. The maximum atomic E-state index is 6.64. The standard InChI is InChI=1S/C56H45NO/c1-54(2)36-55(3,4)51-35-53-47(34-50(51)54)46-33-43(29-31-52(46)58-53)57(41-26-24-38(25-27-41)37-16-8-5-9-17-37)42-28-30-49-45(32-42)44-22-14-15-23-48(44)56(49,39-18-10-6-11-19-39)40-20-12-7-13-21-40/h5-35H,36H2,1-4H3. The predicted molar refractivity (Wildman–Crippen MR) is 242 cm³/mol. The molecule has 0 bridgehead atoms. The topological polar surface area (TPSA) is 16.4 Å². The third-order valence-electron chi connectivity index (χ3n) is 13.1. The highest BCUT2D eigenvalue weighted by Gasteiger charge is 2.46. The lowest BCUT2D eigenvalue weighted by molar-refractivity contribution is 0.403. The Hall–Kier alpha value is -6.64. The van der Waals surface area contributed by atoms with Crippen molar-refractivity contribution in [2.45, 2.75) is 50.4 Å². The van der Waals surface area contributed by atoms with E-state index in [0.717, 1.165) is 40.0 Å². The van der Waals surface area contributed by atoms with Crippen molar-refractivity contribution in [3.8, 4) is 22.3 Å². The molecule has 2 aliphatic carbocycles. The Morgan fingerprint density at radius 2 is 0.914 bits per heavy atom. The fourth-order valence-corrected chi connectivity index (χ4v) is 10.8. The average molecular weight is 748 g/mol. The number of rotatable bonds is 6. The van der Waals surface area contributed by atoms with Crippen LogP contribution in [0.2, 0.25) is 0 Å². The van der Waals surface area contributed by atoms with Gasteiger partial charge >= 0.3 is 0 Å². The summed E-state index contributed by atoms with van der Waals surface area (Å²) in [5, 5.41) is 2.32. The lowest BCUT2D eigenvalue weighted by Crippen LogP contribution is -2.28. The van der Waals surface area contributed by atoms with Crippen LogP contribution in [0.1, 0.15) is 67.5 Å². The van der Waals surface area contributed by atoms with Gasteiger partial charge in [0.1, 0.15) is 11.2 Å². The number of hydrogen-bond acceptors (Lipinski definition) is 2. The molecule has 280 valence electrons. The number of nitrogens with zero attached hydrogens (tertiary/aromatic N) is 1. The van der Waals surface area contributed by atoms with Gasteiger partial charge in [-0.3, -0.25) is 0 Å². The summed E-state index contributed by atoms with van der Waals surface area (Å²) in [5.41, 5.74) is 17.8. The second kappa shape index (κ2) is 12.7. The molecule has 0 unspecified atom stereocenters. The van der Waals surface area contributed by atoms with E-state index in [1.165, 1.54) is 61.0 Å². The first-order valence-corrected chi connectivity index (χ1v) is 20.5. The molecule has 0 fully saturated rings. The first-order valence-electron chi connectivity index (χ1n) is 20.5. The second-order valence-corrected chi connectivity index (χ2v) is 17.6. The van der Waals surface area contributed by atoms with Gasteiger partial charge in [-0.05, 0) is 127 Å². The minimum absolute atomic E-state index is 0.0934. The summed E-state index contributed by atoms with van der Waals surface area (Å²) in [6.07, 6.45) is 1.12. The number of furan rings is 1.